The molecule has 0 unspecified atom stereocenters. The zero-order valence-electron chi connectivity index (χ0n) is 14.1. The average molecular weight is 326 g/mol. The molecule has 0 saturated carbocycles. The van der Waals surface area contributed by atoms with E-state index in [1.54, 1.807) is 38.1 Å². The molecule has 2 amide bonds. The minimum atomic E-state index is -0.639. The van der Waals surface area contributed by atoms with Crippen LogP contribution in [-0.4, -0.2) is 17.9 Å². The van der Waals surface area contributed by atoms with Crippen LogP contribution < -0.4 is 15.4 Å². The van der Waals surface area contributed by atoms with E-state index < -0.39 is 6.10 Å². The summed E-state index contributed by atoms with van der Waals surface area (Å²) in [7, 11) is 0. The first kappa shape index (κ1) is 17.5. The van der Waals surface area contributed by atoms with Crippen molar-refractivity contribution in [2.75, 3.05) is 10.6 Å². The third kappa shape index (κ3) is 4.84. The van der Waals surface area contributed by atoms with Crippen LogP contribution in [0.25, 0.3) is 0 Å². The second-order valence-electron chi connectivity index (χ2n) is 5.50. The Hall–Kier alpha value is -2.82. The van der Waals surface area contributed by atoms with Crippen LogP contribution in [0.5, 0.6) is 5.75 Å². The van der Waals surface area contributed by atoms with Gasteiger partial charge in [0.1, 0.15) is 5.75 Å². The molecule has 0 spiro atoms. The largest absolute Gasteiger partial charge is 0.481 e. The highest BCUT2D eigenvalue weighted by Crippen LogP contribution is 2.19. The Balaban J connectivity index is 2.00. The van der Waals surface area contributed by atoms with Gasteiger partial charge in [-0.15, -0.1) is 0 Å². The van der Waals surface area contributed by atoms with Gasteiger partial charge in [0, 0.05) is 17.8 Å². The monoisotopic (exact) mass is 326 g/mol. The minimum Gasteiger partial charge on any atom is -0.481 e. The Kier molecular flexibility index (Phi) is 5.95. The van der Waals surface area contributed by atoms with Crippen LogP contribution in [0, 0.1) is 6.92 Å². The van der Waals surface area contributed by atoms with Gasteiger partial charge in [0.2, 0.25) is 5.91 Å². The fourth-order valence-corrected chi connectivity index (χ4v) is 2.10. The van der Waals surface area contributed by atoms with Crippen molar-refractivity contribution in [1.82, 2.24) is 0 Å². The summed E-state index contributed by atoms with van der Waals surface area (Å²) in [5.41, 5.74) is 2.22. The molecular formula is C19H22N2O3. The number of carbonyl (C=O) groups excluding carboxylic acids is 2. The maximum atomic E-state index is 12.3. The van der Waals surface area contributed by atoms with Crippen LogP contribution >= 0.6 is 0 Å². The number of para-hydroxylation sites is 1. The molecule has 0 heterocycles. The summed E-state index contributed by atoms with van der Waals surface area (Å²) in [6.45, 7) is 5.41. The van der Waals surface area contributed by atoms with Gasteiger partial charge >= 0.3 is 0 Å². The number of aryl methyl sites for hydroxylation is 1. The first-order valence-electron chi connectivity index (χ1n) is 7.92. The fourth-order valence-electron chi connectivity index (χ4n) is 2.10. The predicted octanol–water partition coefficient (Wildman–Crippen LogP) is 3.75. The third-order valence-electron chi connectivity index (χ3n) is 3.50. The third-order valence-corrected chi connectivity index (χ3v) is 3.50. The molecular weight excluding hydrogens is 304 g/mol. The number of hydrogen-bond acceptors (Lipinski definition) is 3. The van der Waals surface area contributed by atoms with E-state index in [4.69, 9.17) is 4.74 Å². The zero-order chi connectivity index (χ0) is 17.5. The van der Waals surface area contributed by atoms with Crippen LogP contribution in [0.4, 0.5) is 11.4 Å². The average Bonchev–Trinajstić information content (AvgIpc) is 2.57. The summed E-state index contributed by atoms with van der Waals surface area (Å²) in [6, 6.07) is 14.6. The van der Waals surface area contributed by atoms with E-state index in [9.17, 15) is 9.59 Å². The predicted molar refractivity (Wildman–Crippen MR) is 95.3 cm³/mol. The number of amides is 2. The Morgan fingerprint density at radius 3 is 2.38 bits per heavy atom. The van der Waals surface area contributed by atoms with Crippen LogP contribution in [-0.2, 0) is 9.59 Å². The molecule has 0 bridgehead atoms. The van der Waals surface area contributed by atoms with Gasteiger partial charge in [-0.25, -0.2) is 0 Å². The lowest BCUT2D eigenvalue weighted by Gasteiger charge is -2.16. The smallest absolute Gasteiger partial charge is 0.265 e. The molecule has 2 aromatic rings. The lowest BCUT2D eigenvalue weighted by molar-refractivity contribution is -0.122. The molecule has 2 aromatic carbocycles. The molecule has 24 heavy (non-hydrogen) atoms. The first-order chi connectivity index (χ1) is 11.5. The molecule has 0 aliphatic rings. The van der Waals surface area contributed by atoms with Gasteiger partial charge in [-0.1, -0.05) is 31.2 Å². The van der Waals surface area contributed by atoms with Crippen molar-refractivity contribution in [1.29, 1.82) is 0 Å². The maximum absolute atomic E-state index is 12.3. The van der Waals surface area contributed by atoms with Crippen LogP contribution in [0.15, 0.2) is 48.5 Å². The van der Waals surface area contributed by atoms with E-state index in [0.717, 1.165) is 5.56 Å². The number of rotatable bonds is 6. The van der Waals surface area contributed by atoms with Gasteiger partial charge in [-0.05, 0) is 43.7 Å². The molecule has 5 nitrogen and oxygen atoms in total. The molecule has 0 aliphatic carbocycles. The highest BCUT2D eigenvalue weighted by molar-refractivity contribution is 5.96. The second-order valence-corrected chi connectivity index (χ2v) is 5.50. The molecule has 126 valence electrons. The highest BCUT2D eigenvalue weighted by atomic mass is 16.5. The van der Waals surface area contributed by atoms with Gasteiger partial charge in [0.05, 0.1) is 0 Å². The van der Waals surface area contributed by atoms with Crippen molar-refractivity contribution >= 4 is 23.2 Å². The van der Waals surface area contributed by atoms with E-state index in [2.05, 4.69) is 10.6 Å². The lowest BCUT2D eigenvalue weighted by atomic mass is 10.2. The highest BCUT2D eigenvalue weighted by Gasteiger charge is 2.16. The Labute approximate surface area is 142 Å². The van der Waals surface area contributed by atoms with E-state index in [0.29, 0.717) is 23.5 Å². The van der Waals surface area contributed by atoms with Crippen molar-refractivity contribution in [3.63, 3.8) is 0 Å². The molecule has 2 rings (SSSR count). The number of carbonyl (C=O) groups is 2. The summed E-state index contributed by atoms with van der Waals surface area (Å²) < 4.78 is 5.71. The summed E-state index contributed by atoms with van der Waals surface area (Å²) >= 11 is 0. The van der Waals surface area contributed by atoms with Crippen molar-refractivity contribution in [2.24, 2.45) is 0 Å². The summed E-state index contributed by atoms with van der Waals surface area (Å²) in [5, 5.41) is 5.56. The van der Waals surface area contributed by atoms with Crippen LogP contribution in [0.1, 0.15) is 25.8 Å². The van der Waals surface area contributed by atoms with Crippen molar-refractivity contribution in [2.45, 2.75) is 33.3 Å². The SMILES string of the molecule is CCC(=O)Nc1cccc(NC(=O)[C@H](C)Oc2ccccc2C)c1. The van der Waals surface area contributed by atoms with E-state index in [1.165, 1.54) is 0 Å². The maximum Gasteiger partial charge on any atom is 0.265 e. The minimum absolute atomic E-state index is 0.0743. The Morgan fingerprint density at radius 1 is 1.04 bits per heavy atom. The standard InChI is InChI=1S/C19H22N2O3/c1-4-18(22)20-15-9-7-10-16(12-15)21-19(23)14(3)24-17-11-6-5-8-13(17)2/h5-12,14H,4H2,1-3H3,(H,20,22)(H,21,23)/t14-/m0/s1. The quantitative estimate of drug-likeness (QED) is 0.849. The number of ether oxygens (including phenoxy) is 1. The molecule has 1 atom stereocenters. The van der Waals surface area contributed by atoms with E-state index in [-0.39, 0.29) is 11.8 Å². The van der Waals surface area contributed by atoms with Crippen molar-refractivity contribution in [3.05, 3.63) is 54.1 Å². The number of hydrogen-bond donors (Lipinski definition) is 2. The molecule has 0 fully saturated rings. The van der Waals surface area contributed by atoms with Crippen molar-refractivity contribution < 1.29 is 14.3 Å². The zero-order valence-corrected chi connectivity index (χ0v) is 14.1. The summed E-state index contributed by atoms with van der Waals surface area (Å²) in [5.74, 6) is 0.357. The Morgan fingerprint density at radius 2 is 1.71 bits per heavy atom. The van der Waals surface area contributed by atoms with Gasteiger partial charge in [-0.3, -0.25) is 9.59 Å². The molecule has 2 N–H and O–H groups in total. The van der Waals surface area contributed by atoms with Gasteiger partial charge < -0.3 is 15.4 Å². The number of nitrogens with one attached hydrogen (secondary N) is 2. The van der Waals surface area contributed by atoms with Gasteiger partial charge in [0.15, 0.2) is 6.10 Å². The van der Waals surface area contributed by atoms with E-state index >= 15 is 0 Å². The van der Waals surface area contributed by atoms with E-state index in [1.807, 2.05) is 31.2 Å². The molecule has 0 aliphatic heterocycles. The fraction of sp³-hybridized carbons (Fsp3) is 0.263. The molecule has 0 aromatic heterocycles. The Bertz CT molecular complexity index is 728. The van der Waals surface area contributed by atoms with Gasteiger partial charge in [0.25, 0.3) is 5.91 Å². The van der Waals surface area contributed by atoms with Gasteiger partial charge in [-0.2, -0.15) is 0 Å². The molecule has 0 saturated heterocycles. The number of anilines is 2. The molecule has 5 heteroatoms. The van der Waals surface area contributed by atoms with Crippen LogP contribution in [0.3, 0.4) is 0 Å². The second kappa shape index (κ2) is 8.15. The molecule has 0 radical (unpaired) electrons. The summed E-state index contributed by atoms with van der Waals surface area (Å²) in [6.07, 6.45) is -0.238. The summed E-state index contributed by atoms with van der Waals surface area (Å²) in [4.78, 5) is 23.7. The first-order valence-corrected chi connectivity index (χ1v) is 7.92. The number of benzene rings is 2. The topological polar surface area (TPSA) is 67.4 Å². The lowest BCUT2D eigenvalue weighted by Crippen LogP contribution is -2.30. The van der Waals surface area contributed by atoms with Crippen LogP contribution in [0.2, 0.25) is 0 Å². The van der Waals surface area contributed by atoms with Crippen molar-refractivity contribution in [3.8, 4) is 5.75 Å². The normalized spacial score (nSPS) is 11.5.